The summed E-state index contributed by atoms with van der Waals surface area (Å²) >= 11 is 0. The van der Waals surface area contributed by atoms with Gasteiger partial charge in [0.15, 0.2) is 6.04 Å². The second-order valence-electron chi connectivity index (χ2n) is 4.50. The Kier molecular flexibility index (Phi) is 9.17. The quantitative estimate of drug-likeness (QED) is 0.292. The van der Waals surface area contributed by atoms with E-state index in [1.165, 1.54) is 0 Å². The second kappa shape index (κ2) is 9.81. The minimum absolute atomic E-state index is 0.0467. The highest BCUT2D eigenvalue weighted by Crippen LogP contribution is 1.97. The van der Waals surface area contributed by atoms with Gasteiger partial charge in [0.1, 0.15) is 6.04 Å². The van der Waals surface area contributed by atoms with Gasteiger partial charge in [0.05, 0.1) is 12.5 Å². The van der Waals surface area contributed by atoms with Crippen LogP contribution in [0, 0.1) is 0 Å². The van der Waals surface area contributed by atoms with Crippen molar-refractivity contribution < 1.29 is 31.9 Å². The topological polar surface area (TPSA) is 152 Å². The van der Waals surface area contributed by atoms with Crippen molar-refractivity contribution >= 4 is 11.9 Å². The van der Waals surface area contributed by atoms with Crippen LogP contribution in [-0.4, -0.2) is 37.0 Å². The van der Waals surface area contributed by atoms with Gasteiger partial charge in [-0.3, -0.25) is 4.79 Å². The third-order valence-corrected chi connectivity index (χ3v) is 2.79. The maximum Gasteiger partial charge on any atom is 0.278 e. The lowest BCUT2D eigenvalue weighted by Gasteiger charge is -2.10. The average Bonchev–Trinajstić information content (AvgIpc) is 2.34. The maximum atomic E-state index is 11.5. The Morgan fingerprint density at radius 2 is 1.67 bits per heavy atom. The van der Waals surface area contributed by atoms with Crippen molar-refractivity contribution in [1.82, 2.24) is 5.32 Å². The fraction of sp³-hybridized carbons (Fsp3) is 0.818. The molecule has 0 aliphatic heterocycles. The number of carboxylic acid groups (broad SMARTS) is 1. The van der Waals surface area contributed by atoms with Crippen LogP contribution in [-0.2, 0) is 9.59 Å². The molecule has 1 amide bonds. The monoisotopic (exact) mass is 262 g/mol. The number of unbranched alkanes of at least 4 members (excludes halogenated alkanes) is 1. The lowest BCUT2D eigenvalue weighted by molar-refractivity contribution is -0.438. The zero-order chi connectivity index (χ0) is 14.0. The minimum Gasteiger partial charge on any atom is -0.544 e. The molecule has 0 aliphatic rings. The van der Waals surface area contributed by atoms with Crippen LogP contribution in [0.5, 0.6) is 0 Å². The SMILES string of the molecule is [NH3+]CCC[C@@H]([NH3+])C(=O)NCCCC[C@H]([NH3+])C(=O)[O-]. The van der Waals surface area contributed by atoms with E-state index in [2.05, 4.69) is 22.5 Å². The van der Waals surface area contributed by atoms with E-state index in [0.29, 0.717) is 19.4 Å². The maximum absolute atomic E-state index is 11.5. The number of quaternary nitrogens is 3. The van der Waals surface area contributed by atoms with Crippen molar-refractivity contribution in [2.45, 2.75) is 44.2 Å². The van der Waals surface area contributed by atoms with Crippen molar-refractivity contribution in [2.24, 2.45) is 0 Å². The molecule has 0 rings (SSSR count). The van der Waals surface area contributed by atoms with Crippen molar-refractivity contribution in [3.63, 3.8) is 0 Å². The number of carbonyl (C=O) groups is 2. The molecule has 0 radical (unpaired) electrons. The highest BCUT2D eigenvalue weighted by atomic mass is 16.4. The van der Waals surface area contributed by atoms with Crippen molar-refractivity contribution in [1.29, 1.82) is 0 Å². The van der Waals surface area contributed by atoms with E-state index in [-0.39, 0.29) is 11.9 Å². The van der Waals surface area contributed by atoms with E-state index < -0.39 is 12.0 Å². The standard InChI is InChI=1S/C11H24N4O3/c12-6-3-5-8(13)10(16)15-7-2-1-4-9(14)11(17)18/h8-9H,1-7,12-14H2,(H,15,16)(H,17,18)/p+2/t8-,9+/m1/s1. The van der Waals surface area contributed by atoms with Crippen LogP contribution in [0.4, 0.5) is 0 Å². The molecule has 0 saturated heterocycles. The van der Waals surface area contributed by atoms with Crippen molar-refractivity contribution in [3.05, 3.63) is 0 Å². The number of nitrogens with one attached hydrogen (secondary N) is 1. The number of hydrogen-bond donors (Lipinski definition) is 4. The number of amides is 1. The summed E-state index contributed by atoms with van der Waals surface area (Å²) in [6.45, 7) is 1.36. The predicted molar refractivity (Wildman–Crippen MR) is 62.2 cm³/mol. The Hall–Kier alpha value is -1.18. The first-order valence-electron chi connectivity index (χ1n) is 6.43. The molecule has 0 aromatic heterocycles. The molecule has 0 heterocycles. The second-order valence-corrected chi connectivity index (χ2v) is 4.50. The van der Waals surface area contributed by atoms with Gasteiger partial charge in [0, 0.05) is 25.8 Å². The Balaban J connectivity index is 3.54. The van der Waals surface area contributed by atoms with Crippen LogP contribution in [0.25, 0.3) is 0 Å². The molecule has 7 heteroatoms. The van der Waals surface area contributed by atoms with E-state index in [4.69, 9.17) is 0 Å². The molecular formula is C11H26N4O3+2. The van der Waals surface area contributed by atoms with Gasteiger partial charge in [0.25, 0.3) is 5.91 Å². The molecule has 0 bridgehead atoms. The first-order valence-corrected chi connectivity index (χ1v) is 6.43. The summed E-state index contributed by atoms with van der Waals surface area (Å²) in [6.07, 6.45) is 3.58. The molecule has 0 aromatic carbocycles. The first kappa shape index (κ1) is 16.8. The number of hydrogen-bond acceptors (Lipinski definition) is 3. The summed E-state index contributed by atoms with van der Waals surface area (Å²) in [4.78, 5) is 21.9. The summed E-state index contributed by atoms with van der Waals surface area (Å²) in [6, 6.07) is -0.895. The van der Waals surface area contributed by atoms with Gasteiger partial charge < -0.3 is 32.4 Å². The molecule has 18 heavy (non-hydrogen) atoms. The normalized spacial score (nSPS) is 13.9. The van der Waals surface area contributed by atoms with Gasteiger partial charge in [-0.05, 0) is 12.8 Å². The largest absolute Gasteiger partial charge is 0.544 e. The molecule has 0 spiro atoms. The summed E-state index contributed by atoms with van der Waals surface area (Å²) in [5.74, 6) is -1.17. The van der Waals surface area contributed by atoms with Gasteiger partial charge in [-0.15, -0.1) is 0 Å². The molecule has 0 aliphatic carbocycles. The van der Waals surface area contributed by atoms with Gasteiger partial charge in [0.2, 0.25) is 0 Å². The fourth-order valence-electron chi connectivity index (χ4n) is 1.51. The minimum atomic E-state index is -1.12. The molecule has 0 aromatic rings. The van der Waals surface area contributed by atoms with Crippen LogP contribution >= 0.6 is 0 Å². The van der Waals surface area contributed by atoms with Crippen molar-refractivity contribution in [3.8, 4) is 0 Å². The van der Waals surface area contributed by atoms with E-state index in [1.807, 2.05) is 0 Å². The third-order valence-electron chi connectivity index (χ3n) is 2.79. The lowest BCUT2D eigenvalue weighted by Crippen LogP contribution is -2.68. The molecule has 0 fully saturated rings. The Bertz CT molecular complexity index is 261. The van der Waals surface area contributed by atoms with Crippen LogP contribution in [0.2, 0.25) is 0 Å². The molecule has 106 valence electrons. The molecular weight excluding hydrogens is 236 g/mol. The highest BCUT2D eigenvalue weighted by molar-refractivity contribution is 5.79. The van der Waals surface area contributed by atoms with E-state index in [9.17, 15) is 14.7 Å². The lowest BCUT2D eigenvalue weighted by atomic mass is 10.1. The molecule has 7 nitrogen and oxygen atoms in total. The predicted octanol–water partition coefficient (Wildman–Crippen LogP) is -4.73. The van der Waals surface area contributed by atoms with Gasteiger partial charge >= 0.3 is 0 Å². The van der Waals surface area contributed by atoms with E-state index in [0.717, 1.165) is 25.8 Å². The molecule has 2 atom stereocenters. The highest BCUT2D eigenvalue weighted by Gasteiger charge is 2.15. The van der Waals surface area contributed by atoms with E-state index in [1.54, 1.807) is 0 Å². The zero-order valence-electron chi connectivity index (χ0n) is 11.0. The molecule has 10 N–H and O–H groups in total. The average molecular weight is 262 g/mol. The van der Waals surface area contributed by atoms with Crippen LogP contribution in [0.1, 0.15) is 32.1 Å². The zero-order valence-corrected chi connectivity index (χ0v) is 11.0. The fourth-order valence-corrected chi connectivity index (χ4v) is 1.51. The number of aliphatic carboxylic acids is 1. The molecule has 0 unspecified atom stereocenters. The number of carbonyl (C=O) groups excluding carboxylic acids is 2. The van der Waals surface area contributed by atoms with Crippen molar-refractivity contribution in [2.75, 3.05) is 13.1 Å². The summed E-state index contributed by atoms with van der Waals surface area (Å²) in [5.41, 5.74) is 11.0. The van der Waals surface area contributed by atoms with Crippen LogP contribution < -0.4 is 27.6 Å². The van der Waals surface area contributed by atoms with Gasteiger partial charge in [-0.25, -0.2) is 0 Å². The van der Waals surface area contributed by atoms with Gasteiger partial charge in [-0.1, -0.05) is 0 Å². The van der Waals surface area contributed by atoms with Gasteiger partial charge in [-0.2, -0.15) is 0 Å². The Labute approximate surface area is 107 Å². The summed E-state index contributed by atoms with van der Waals surface area (Å²) in [7, 11) is 0. The van der Waals surface area contributed by atoms with Crippen LogP contribution in [0.3, 0.4) is 0 Å². The first-order chi connectivity index (χ1) is 8.49. The number of carboxylic acids is 1. The summed E-state index contributed by atoms with van der Waals surface area (Å²) in [5, 5.41) is 13.2. The molecule has 0 saturated carbocycles. The Morgan fingerprint density at radius 3 is 2.22 bits per heavy atom. The summed E-state index contributed by atoms with van der Waals surface area (Å²) < 4.78 is 0. The van der Waals surface area contributed by atoms with Crippen LogP contribution in [0.15, 0.2) is 0 Å². The smallest absolute Gasteiger partial charge is 0.278 e. The number of rotatable bonds is 10. The third kappa shape index (κ3) is 7.99. The van der Waals surface area contributed by atoms with E-state index >= 15 is 0 Å². The Morgan fingerprint density at radius 1 is 1.06 bits per heavy atom.